The van der Waals surface area contributed by atoms with Crippen LogP contribution in [0.1, 0.15) is 10.6 Å². The summed E-state index contributed by atoms with van der Waals surface area (Å²) in [6.07, 6.45) is 2.47. The molecule has 0 radical (unpaired) electrons. The molecule has 7 heteroatoms. The summed E-state index contributed by atoms with van der Waals surface area (Å²) in [5.41, 5.74) is 0. The molecule has 2 aromatic rings. The van der Waals surface area contributed by atoms with Crippen molar-refractivity contribution in [3.05, 3.63) is 36.3 Å². The molecule has 0 spiro atoms. The molecule has 0 aliphatic heterocycles. The van der Waals surface area contributed by atoms with Crippen LogP contribution in [0.25, 0.3) is 5.82 Å². The highest BCUT2D eigenvalue weighted by molar-refractivity contribution is 5.82. The summed E-state index contributed by atoms with van der Waals surface area (Å²) >= 11 is 0. The molecule has 1 N–H and O–H groups in total. The highest BCUT2D eigenvalue weighted by Gasteiger charge is 2.12. The Morgan fingerprint density at radius 1 is 1.47 bits per heavy atom. The predicted molar refractivity (Wildman–Crippen MR) is 46.1 cm³/mol. The van der Waals surface area contributed by atoms with Crippen molar-refractivity contribution in [2.24, 2.45) is 0 Å². The second-order valence-corrected chi connectivity index (χ2v) is 2.63. The van der Waals surface area contributed by atoms with E-state index in [4.69, 9.17) is 5.11 Å². The van der Waals surface area contributed by atoms with Crippen molar-refractivity contribution in [3.8, 4) is 5.82 Å². The number of rotatable bonds is 2. The van der Waals surface area contributed by atoms with Crippen LogP contribution < -0.4 is 0 Å². The van der Waals surface area contributed by atoms with Gasteiger partial charge in [0.1, 0.15) is 6.33 Å². The Kier molecular flexibility index (Phi) is 2.13. The third-order valence-corrected chi connectivity index (χ3v) is 1.64. The number of hydrogen-bond acceptors (Lipinski definition) is 4. The van der Waals surface area contributed by atoms with Gasteiger partial charge in [-0.3, -0.25) is 0 Å². The molecule has 0 unspecified atom stereocenters. The number of carboxylic acids is 1. The second kappa shape index (κ2) is 3.45. The monoisotopic (exact) mass is 208 g/mol. The summed E-state index contributed by atoms with van der Waals surface area (Å²) in [7, 11) is 0. The van der Waals surface area contributed by atoms with Gasteiger partial charge >= 0.3 is 5.97 Å². The van der Waals surface area contributed by atoms with Crippen LogP contribution >= 0.6 is 0 Å². The average molecular weight is 208 g/mol. The van der Waals surface area contributed by atoms with Gasteiger partial charge in [0.05, 0.1) is 0 Å². The summed E-state index contributed by atoms with van der Waals surface area (Å²) in [6, 6.07) is 2.62. The van der Waals surface area contributed by atoms with Crippen LogP contribution in [0.3, 0.4) is 0 Å². The maximum atomic E-state index is 13.2. The average Bonchev–Trinajstić information content (AvgIpc) is 2.67. The molecule has 0 aliphatic rings. The zero-order valence-corrected chi connectivity index (χ0v) is 7.33. The molecular weight excluding hydrogens is 203 g/mol. The fourth-order valence-electron chi connectivity index (χ4n) is 1.01. The van der Waals surface area contributed by atoms with Gasteiger partial charge in [0.2, 0.25) is 0 Å². The van der Waals surface area contributed by atoms with Crippen molar-refractivity contribution in [2.75, 3.05) is 0 Å². The van der Waals surface area contributed by atoms with E-state index in [2.05, 4.69) is 15.1 Å². The standard InChI is InChI=1S/C8H5FN4O2/c9-5-2-1-3-10-7(5)13-4-11-6(12-13)8(14)15/h1-4H,(H,14,15). The first kappa shape index (κ1) is 9.25. The molecule has 0 saturated heterocycles. The molecule has 2 heterocycles. The molecule has 0 atom stereocenters. The lowest BCUT2D eigenvalue weighted by molar-refractivity contribution is 0.0683. The van der Waals surface area contributed by atoms with Gasteiger partial charge in [-0.2, -0.15) is 4.68 Å². The maximum absolute atomic E-state index is 13.2. The minimum atomic E-state index is -1.27. The SMILES string of the molecule is O=C(O)c1ncn(-c2ncccc2F)n1. The topological polar surface area (TPSA) is 80.9 Å². The molecule has 0 amide bonds. The van der Waals surface area contributed by atoms with Gasteiger partial charge in [0, 0.05) is 6.20 Å². The Labute approximate surface area is 83.0 Å². The zero-order valence-electron chi connectivity index (χ0n) is 7.33. The van der Waals surface area contributed by atoms with Gasteiger partial charge in [-0.1, -0.05) is 0 Å². The van der Waals surface area contributed by atoms with Gasteiger partial charge in [0.15, 0.2) is 11.6 Å². The van der Waals surface area contributed by atoms with Gasteiger partial charge in [0.25, 0.3) is 5.82 Å². The smallest absolute Gasteiger partial charge is 0.375 e. The van der Waals surface area contributed by atoms with E-state index in [9.17, 15) is 9.18 Å². The van der Waals surface area contributed by atoms with Crippen molar-refractivity contribution < 1.29 is 14.3 Å². The lowest BCUT2D eigenvalue weighted by atomic mass is 10.4. The summed E-state index contributed by atoms with van der Waals surface area (Å²) in [4.78, 5) is 17.7. The first-order chi connectivity index (χ1) is 7.18. The van der Waals surface area contributed by atoms with Gasteiger partial charge in [-0.25, -0.2) is 19.2 Å². The Hall–Kier alpha value is -2.31. The van der Waals surface area contributed by atoms with E-state index >= 15 is 0 Å². The van der Waals surface area contributed by atoms with Gasteiger partial charge in [-0.15, -0.1) is 5.10 Å². The van der Waals surface area contributed by atoms with Crippen molar-refractivity contribution in [1.82, 2.24) is 19.7 Å². The van der Waals surface area contributed by atoms with Crippen LogP contribution in [-0.4, -0.2) is 30.8 Å². The van der Waals surface area contributed by atoms with Gasteiger partial charge in [-0.05, 0) is 12.1 Å². The molecule has 0 aliphatic carbocycles. The summed E-state index contributed by atoms with van der Waals surface area (Å²) in [6.45, 7) is 0. The highest BCUT2D eigenvalue weighted by Crippen LogP contribution is 2.07. The summed E-state index contributed by atoms with van der Waals surface area (Å²) < 4.78 is 14.2. The molecule has 76 valence electrons. The molecule has 0 fully saturated rings. The fraction of sp³-hybridized carbons (Fsp3) is 0. The molecule has 15 heavy (non-hydrogen) atoms. The Balaban J connectivity index is 2.46. The van der Waals surface area contributed by atoms with Crippen molar-refractivity contribution in [3.63, 3.8) is 0 Å². The van der Waals surface area contributed by atoms with E-state index < -0.39 is 17.6 Å². The Morgan fingerprint density at radius 2 is 2.27 bits per heavy atom. The van der Waals surface area contributed by atoms with E-state index in [-0.39, 0.29) is 5.82 Å². The zero-order chi connectivity index (χ0) is 10.8. The second-order valence-electron chi connectivity index (χ2n) is 2.63. The maximum Gasteiger partial charge on any atom is 0.375 e. The first-order valence-corrected chi connectivity index (χ1v) is 3.94. The van der Waals surface area contributed by atoms with Crippen molar-refractivity contribution in [1.29, 1.82) is 0 Å². The third kappa shape index (κ3) is 1.66. The van der Waals surface area contributed by atoms with Crippen LogP contribution in [0.2, 0.25) is 0 Å². The first-order valence-electron chi connectivity index (χ1n) is 3.94. The number of halogens is 1. The van der Waals surface area contributed by atoms with Crippen LogP contribution in [0, 0.1) is 5.82 Å². The molecule has 0 bridgehead atoms. The molecule has 0 aromatic carbocycles. The van der Waals surface area contributed by atoms with Gasteiger partial charge < -0.3 is 5.11 Å². The Morgan fingerprint density at radius 3 is 2.87 bits per heavy atom. The van der Waals surface area contributed by atoms with Crippen LogP contribution in [0.4, 0.5) is 4.39 Å². The molecular formula is C8H5FN4O2. The van der Waals surface area contributed by atoms with E-state index in [0.717, 1.165) is 11.0 Å². The van der Waals surface area contributed by atoms with E-state index in [1.54, 1.807) is 0 Å². The summed E-state index contributed by atoms with van der Waals surface area (Å²) in [5, 5.41) is 12.1. The number of pyridine rings is 1. The largest absolute Gasteiger partial charge is 0.475 e. The lowest BCUT2D eigenvalue weighted by Crippen LogP contribution is -2.04. The predicted octanol–water partition coefficient (Wildman–Crippen LogP) is 0.500. The Bertz CT molecular complexity index is 511. The van der Waals surface area contributed by atoms with Crippen LogP contribution in [0.15, 0.2) is 24.7 Å². The summed E-state index contributed by atoms with van der Waals surface area (Å²) in [5.74, 6) is -2.36. The molecule has 2 rings (SSSR count). The number of carbonyl (C=O) groups is 1. The number of nitrogens with zero attached hydrogens (tertiary/aromatic N) is 4. The normalized spacial score (nSPS) is 10.2. The minimum Gasteiger partial charge on any atom is -0.475 e. The van der Waals surface area contributed by atoms with E-state index in [1.807, 2.05) is 0 Å². The number of hydrogen-bond donors (Lipinski definition) is 1. The minimum absolute atomic E-state index is 0.0856. The number of aromatic carboxylic acids is 1. The quantitative estimate of drug-likeness (QED) is 0.777. The van der Waals surface area contributed by atoms with E-state index in [1.165, 1.54) is 18.3 Å². The molecule has 2 aromatic heterocycles. The molecule has 6 nitrogen and oxygen atoms in total. The van der Waals surface area contributed by atoms with Crippen LogP contribution in [0.5, 0.6) is 0 Å². The number of aromatic nitrogens is 4. The lowest BCUT2D eigenvalue weighted by Gasteiger charge is -1.98. The van der Waals surface area contributed by atoms with E-state index in [0.29, 0.717) is 0 Å². The van der Waals surface area contributed by atoms with Crippen LogP contribution in [-0.2, 0) is 0 Å². The number of carboxylic acid groups (broad SMARTS) is 1. The van der Waals surface area contributed by atoms with Crippen molar-refractivity contribution >= 4 is 5.97 Å². The highest BCUT2D eigenvalue weighted by atomic mass is 19.1. The van der Waals surface area contributed by atoms with Crippen molar-refractivity contribution in [2.45, 2.75) is 0 Å². The molecule has 0 saturated carbocycles. The third-order valence-electron chi connectivity index (χ3n) is 1.64. The fourth-order valence-corrected chi connectivity index (χ4v) is 1.01.